The molecule has 10 rings (SSSR count). The molecule has 6 aromatic rings. The van der Waals surface area contributed by atoms with E-state index in [1.165, 1.54) is 49.4 Å². The minimum atomic E-state index is -1.78. The summed E-state index contributed by atoms with van der Waals surface area (Å²) in [6.07, 6.45) is -25.1. The maximum atomic E-state index is 15.4. The highest BCUT2D eigenvalue weighted by Gasteiger charge is 2.60. The SMILES string of the molecule is COC1C(OC)[C@H](O[C@H]2O[C@@H](COC(C)=O)[C@@H](O[C@@H]3OC(C(=O)OCc4ccccc4)[C@@H](C)[C@@H](OC)C3OC)C(OC(C)=O)C2OCc2ccccc2)[C@@H](C(=O)OCc2ccccc2)O[C@@H]1O[C@@H]1C(COCc2ccccc2)O[C@@H](OC)C(OCc2ccccc2)[C@@H]1OCc1ccccc1. The number of methoxy groups -OCH3 is 5. The summed E-state index contributed by atoms with van der Waals surface area (Å²) in [7, 11) is 7.19. The van der Waals surface area contributed by atoms with Gasteiger partial charge in [0.1, 0.15) is 87.0 Å². The normalized spacial score (nSPS) is 29.8. The highest BCUT2D eigenvalue weighted by Crippen LogP contribution is 2.41. The number of rotatable bonds is 33. The molecule has 0 radical (unpaired) electrons. The Balaban J connectivity index is 1.03. The van der Waals surface area contributed by atoms with Crippen LogP contribution in [-0.4, -0.2) is 189 Å². The fourth-order valence-electron chi connectivity index (χ4n) is 12.7. The Morgan fingerprint density at radius 2 is 0.680 bits per heavy atom. The first-order chi connectivity index (χ1) is 48.8. The lowest BCUT2D eigenvalue weighted by molar-refractivity contribution is -0.391. The molecule has 24 nitrogen and oxygen atoms in total. The van der Waals surface area contributed by atoms with Crippen LogP contribution in [0.25, 0.3) is 0 Å². The summed E-state index contributed by atoms with van der Waals surface area (Å²) in [5.74, 6) is -3.84. The molecule has 4 aliphatic rings. The monoisotopic (exact) mass is 1390 g/mol. The van der Waals surface area contributed by atoms with Gasteiger partial charge in [-0.2, -0.15) is 0 Å². The summed E-state index contributed by atoms with van der Waals surface area (Å²) in [4.78, 5) is 56.3. The summed E-state index contributed by atoms with van der Waals surface area (Å²) < 4.78 is 131. The Bertz CT molecular complexity index is 3400. The Kier molecular flexibility index (Phi) is 28.6. The molecule has 538 valence electrons. The van der Waals surface area contributed by atoms with E-state index in [9.17, 15) is 14.4 Å². The van der Waals surface area contributed by atoms with Crippen molar-refractivity contribution in [2.24, 2.45) is 5.92 Å². The predicted molar refractivity (Wildman–Crippen MR) is 354 cm³/mol. The van der Waals surface area contributed by atoms with Crippen LogP contribution in [0, 0.1) is 5.92 Å². The summed E-state index contributed by atoms with van der Waals surface area (Å²) >= 11 is 0. The lowest BCUT2D eigenvalue weighted by Gasteiger charge is -2.51. The highest BCUT2D eigenvalue weighted by molar-refractivity contribution is 5.76. The van der Waals surface area contributed by atoms with Crippen molar-refractivity contribution < 1.29 is 114 Å². The number of carbonyl (C=O) groups is 4. The Labute approximate surface area is 582 Å². The van der Waals surface area contributed by atoms with Gasteiger partial charge in [-0.15, -0.1) is 0 Å². The number of benzene rings is 6. The van der Waals surface area contributed by atoms with Crippen molar-refractivity contribution in [1.29, 1.82) is 0 Å². The van der Waals surface area contributed by atoms with E-state index in [4.69, 9.17) is 94.7 Å². The topological polar surface area (TPSA) is 253 Å². The summed E-state index contributed by atoms with van der Waals surface area (Å²) in [5, 5.41) is 0. The molecule has 24 heteroatoms. The van der Waals surface area contributed by atoms with E-state index in [-0.39, 0.29) is 46.2 Å². The first-order valence-corrected chi connectivity index (χ1v) is 33.3. The van der Waals surface area contributed by atoms with Crippen molar-refractivity contribution >= 4 is 23.9 Å². The average Bonchev–Trinajstić information content (AvgIpc) is 0.763. The van der Waals surface area contributed by atoms with Crippen LogP contribution >= 0.6 is 0 Å². The molecule has 4 saturated heterocycles. The van der Waals surface area contributed by atoms with Crippen LogP contribution in [0.1, 0.15) is 54.2 Å². The van der Waals surface area contributed by atoms with Crippen LogP contribution in [0.15, 0.2) is 182 Å². The Morgan fingerprint density at radius 3 is 1.12 bits per heavy atom. The third-order valence-electron chi connectivity index (χ3n) is 17.7. The van der Waals surface area contributed by atoms with Crippen molar-refractivity contribution in [2.75, 3.05) is 48.8 Å². The van der Waals surface area contributed by atoms with Gasteiger partial charge in [0.15, 0.2) is 43.5 Å². The number of ether oxygens (including phenoxy) is 20. The van der Waals surface area contributed by atoms with E-state index in [1.807, 2.05) is 158 Å². The number of esters is 4. The molecular weight excluding hydrogens is 1300 g/mol. The second kappa shape index (κ2) is 38.0. The maximum Gasteiger partial charge on any atom is 0.338 e. The molecule has 0 saturated carbocycles. The molecule has 0 spiro atoms. The third-order valence-corrected chi connectivity index (χ3v) is 17.7. The van der Waals surface area contributed by atoms with Gasteiger partial charge in [-0.3, -0.25) is 9.59 Å². The van der Waals surface area contributed by atoms with Gasteiger partial charge < -0.3 is 94.7 Å². The average molecular weight is 1390 g/mol. The number of carbonyl (C=O) groups excluding carboxylic acids is 4. The van der Waals surface area contributed by atoms with E-state index >= 15 is 4.79 Å². The number of hydrogen-bond donors (Lipinski definition) is 0. The zero-order valence-electron chi connectivity index (χ0n) is 57.3. The zero-order valence-corrected chi connectivity index (χ0v) is 57.3. The predicted octanol–water partition coefficient (Wildman–Crippen LogP) is 8.34. The van der Waals surface area contributed by atoms with E-state index < -0.39 is 153 Å². The summed E-state index contributed by atoms with van der Waals surface area (Å²) in [6.45, 7) is 3.50. The van der Waals surface area contributed by atoms with Crippen molar-refractivity contribution in [2.45, 2.75) is 177 Å². The lowest BCUT2D eigenvalue weighted by atomic mass is 9.90. The minimum absolute atomic E-state index is 0.0625. The van der Waals surface area contributed by atoms with Gasteiger partial charge in [0.05, 0.1) is 39.1 Å². The van der Waals surface area contributed by atoms with Crippen LogP contribution in [0.2, 0.25) is 0 Å². The molecule has 0 aromatic heterocycles. The van der Waals surface area contributed by atoms with Crippen LogP contribution in [-0.2, 0) is 154 Å². The fraction of sp³-hybridized carbons (Fsp3) is 0.474. The zero-order chi connectivity index (χ0) is 70.3. The smallest absolute Gasteiger partial charge is 0.338 e. The van der Waals surface area contributed by atoms with Crippen molar-refractivity contribution in [3.63, 3.8) is 0 Å². The number of hydrogen-bond acceptors (Lipinski definition) is 24. The van der Waals surface area contributed by atoms with Gasteiger partial charge in [0.2, 0.25) is 0 Å². The lowest BCUT2D eigenvalue weighted by Crippen LogP contribution is -2.69. The molecule has 6 aromatic carbocycles. The van der Waals surface area contributed by atoms with Crippen molar-refractivity contribution in [1.82, 2.24) is 0 Å². The van der Waals surface area contributed by atoms with Crippen LogP contribution in [0.3, 0.4) is 0 Å². The van der Waals surface area contributed by atoms with Gasteiger partial charge in [0.25, 0.3) is 0 Å². The molecule has 4 heterocycles. The molecule has 0 bridgehead atoms. The third kappa shape index (κ3) is 20.0. The van der Waals surface area contributed by atoms with E-state index in [0.29, 0.717) is 11.1 Å². The van der Waals surface area contributed by atoms with Crippen LogP contribution in [0.5, 0.6) is 0 Å². The molecule has 20 atom stereocenters. The first kappa shape index (κ1) is 75.2. The van der Waals surface area contributed by atoms with Crippen molar-refractivity contribution in [3.8, 4) is 0 Å². The highest BCUT2D eigenvalue weighted by atomic mass is 16.8. The molecule has 0 amide bonds. The van der Waals surface area contributed by atoms with Crippen LogP contribution in [0.4, 0.5) is 0 Å². The van der Waals surface area contributed by atoms with E-state index in [0.717, 1.165) is 22.3 Å². The molecule has 100 heavy (non-hydrogen) atoms. The standard InChI is InChI=1S/C76H90O24/c1-47-58(81-4)67(83-6)74(96-59(47)71(79)91-43-54-35-23-13-24-36-54)98-61-57(46-87-48(2)77)95-76(70(64(61)93-49(3)78)90-42-53-33-21-12-22-34-53)99-65-62(82-5)68(84-7)75(100-66(65)72(80)92-44-55-37-25-14-26-38-55)97-60-56(45-86-39-50-27-15-9-16-28-50)94-73(85-8)69(89-41-52-31-19-11-20-32-52)63(60)88-40-51-29-17-10-18-30-51/h9-38,47,56-70,73-76H,39-46H2,1-8H3/t47-,56?,57-,58+,59?,60+,61+,62?,63+,64?,65-,66-,67?,68?,69?,70?,73+,74-,75-,76+/m0/s1. The second-order valence-electron chi connectivity index (χ2n) is 24.5. The first-order valence-electron chi connectivity index (χ1n) is 33.3. The largest absolute Gasteiger partial charge is 0.463 e. The van der Waals surface area contributed by atoms with Gasteiger partial charge in [-0.05, 0) is 33.4 Å². The molecule has 0 N–H and O–H groups in total. The molecule has 4 aliphatic heterocycles. The Morgan fingerprint density at radius 1 is 0.320 bits per heavy atom. The molecular formula is C76H90O24. The van der Waals surface area contributed by atoms with Gasteiger partial charge in [-0.25, -0.2) is 9.59 Å². The summed E-state index contributed by atoms with van der Waals surface area (Å²) in [6, 6.07) is 56.0. The molecule has 8 unspecified atom stereocenters. The van der Waals surface area contributed by atoms with Crippen molar-refractivity contribution in [3.05, 3.63) is 215 Å². The second-order valence-corrected chi connectivity index (χ2v) is 24.5. The molecule has 0 aliphatic carbocycles. The fourth-order valence-corrected chi connectivity index (χ4v) is 12.7. The minimum Gasteiger partial charge on any atom is -0.463 e. The van der Waals surface area contributed by atoms with Gasteiger partial charge >= 0.3 is 23.9 Å². The molecule has 4 fully saturated rings. The van der Waals surface area contributed by atoms with E-state index in [2.05, 4.69) is 0 Å². The van der Waals surface area contributed by atoms with E-state index in [1.54, 1.807) is 31.2 Å². The van der Waals surface area contributed by atoms with Gasteiger partial charge in [-0.1, -0.05) is 189 Å². The summed E-state index contributed by atoms with van der Waals surface area (Å²) in [5.41, 5.74) is 4.66. The Hall–Kier alpha value is -7.44. The quantitative estimate of drug-likeness (QED) is 0.0277. The van der Waals surface area contributed by atoms with Crippen LogP contribution < -0.4 is 0 Å². The maximum absolute atomic E-state index is 15.4. The van der Waals surface area contributed by atoms with Gasteiger partial charge in [0, 0.05) is 55.3 Å².